The van der Waals surface area contributed by atoms with Gasteiger partial charge in [-0.2, -0.15) is 0 Å². The largest absolute Gasteiger partial charge is 0.480 e. The Morgan fingerprint density at radius 1 is 1.24 bits per heavy atom. The molecule has 0 spiro atoms. The summed E-state index contributed by atoms with van der Waals surface area (Å²) in [6.07, 6.45) is -0.344. The first kappa shape index (κ1) is 14.4. The van der Waals surface area contributed by atoms with Crippen LogP contribution in [0.15, 0.2) is 0 Å². The van der Waals surface area contributed by atoms with Crippen LogP contribution in [0, 0.1) is 0 Å². The number of carboxylic acid groups (broad SMARTS) is 1. The Morgan fingerprint density at radius 3 is 2.41 bits per heavy atom. The second-order valence-corrected chi connectivity index (χ2v) is 4.57. The highest BCUT2D eigenvalue weighted by Gasteiger charge is 2.14. The highest BCUT2D eigenvalue weighted by molar-refractivity contribution is 5.69. The van der Waals surface area contributed by atoms with Crippen LogP contribution in [0.3, 0.4) is 0 Å². The van der Waals surface area contributed by atoms with Crippen molar-refractivity contribution in [2.75, 3.05) is 52.4 Å². The fourth-order valence-corrected chi connectivity index (χ4v) is 2.01. The lowest BCUT2D eigenvalue weighted by molar-refractivity contribution is -0.138. The Morgan fingerprint density at radius 2 is 1.82 bits per heavy atom. The quantitative estimate of drug-likeness (QED) is 0.569. The van der Waals surface area contributed by atoms with Gasteiger partial charge in [0.2, 0.25) is 0 Å². The molecule has 6 nitrogen and oxygen atoms in total. The number of aliphatic hydroxyl groups is 1. The molecule has 0 aromatic heterocycles. The first-order valence-corrected chi connectivity index (χ1v) is 6.13. The molecule has 0 aliphatic carbocycles. The predicted molar refractivity (Wildman–Crippen MR) is 65.1 cm³/mol. The van der Waals surface area contributed by atoms with Gasteiger partial charge < -0.3 is 15.5 Å². The van der Waals surface area contributed by atoms with Crippen molar-refractivity contribution in [2.45, 2.75) is 13.0 Å². The minimum absolute atomic E-state index is 0.0875. The van der Waals surface area contributed by atoms with Crippen molar-refractivity contribution >= 4 is 5.97 Å². The summed E-state index contributed by atoms with van der Waals surface area (Å²) in [5.41, 5.74) is 0. The van der Waals surface area contributed by atoms with Crippen LogP contribution in [0.5, 0.6) is 0 Å². The second-order valence-electron chi connectivity index (χ2n) is 4.57. The molecule has 1 aliphatic rings. The van der Waals surface area contributed by atoms with Gasteiger partial charge in [0, 0.05) is 45.8 Å². The highest BCUT2D eigenvalue weighted by atomic mass is 16.4. The van der Waals surface area contributed by atoms with Gasteiger partial charge in [-0.25, -0.2) is 0 Å². The molecule has 0 radical (unpaired) electrons. The van der Waals surface area contributed by atoms with Gasteiger partial charge in [0.1, 0.15) is 0 Å². The van der Waals surface area contributed by atoms with Crippen molar-refractivity contribution in [1.82, 2.24) is 15.1 Å². The molecule has 1 rings (SSSR count). The first-order chi connectivity index (χ1) is 8.08. The van der Waals surface area contributed by atoms with E-state index in [1.165, 1.54) is 0 Å². The van der Waals surface area contributed by atoms with Crippen LogP contribution in [0.1, 0.15) is 6.92 Å². The Labute approximate surface area is 102 Å². The number of carboxylic acids is 1. The third kappa shape index (κ3) is 6.58. The van der Waals surface area contributed by atoms with Crippen molar-refractivity contribution in [1.29, 1.82) is 0 Å². The third-order valence-corrected chi connectivity index (χ3v) is 2.82. The molecule has 1 heterocycles. The first-order valence-electron chi connectivity index (χ1n) is 6.13. The summed E-state index contributed by atoms with van der Waals surface area (Å²) in [6, 6.07) is 0. The zero-order valence-corrected chi connectivity index (χ0v) is 10.4. The number of aliphatic carboxylic acids is 1. The third-order valence-electron chi connectivity index (χ3n) is 2.82. The molecule has 0 bridgehead atoms. The lowest BCUT2D eigenvalue weighted by Crippen LogP contribution is -2.40. The van der Waals surface area contributed by atoms with Gasteiger partial charge >= 0.3 is 5.97 Å². The molecule has 0 aromatic carbocycles. The summed E-state index contributed by atoms with van der Waals surface area (Å²) in [5.74, 6) is -0.786. The molecule has 0 saturated carbocycles. The van der Waals surface area contributed by atoms with E-state index in [0.29, 0.717) is 6.54 Å². The molecular formula is C11H23N3O3. The zero-order chi connectivity index (χ0) is 12.7. The Kier molecular flexibility index (Phi) is 6.43. The van der Waals surface area contributed by atoms with Gasteiger partial charge in [0.25, 0.3) is 0 Å². The van der Waals surface area contributed by atoms with Gasteiger partial charge in [-0.05, 0) is 6.92 Å². The van der Waals surface area contributed by atoms with E-state index >= 15 is 0 Å². The van der Waals surface area contributed by atoms with Crippen LogP contribution in [0.4, 0.5) is 0 Å². The van der Waals surface area contributed by atoms with E-state index in [0.717, 1.165) is 39.3 Å². The summed E-state index contributed by atoms with van der Waals surface area (Å²) in [5, 5.41) is 21.4. The molecule has 6 heteroatoms. The predicted octanol–water partition coefficient (Wildman–Crippen LogP) is -1.34. The summed E-state index contributed by atoms with van der Waals surface area (Å²) < 4.78 is 0. The average Bonchev–Trinajstić information content (AvgIpc) is 2.31. The summed E-state index contributed by atoms with van der Waals surface area (Å²) in [4.78, 5) is 14.8. The van der Waals surface area contributed by atoms with E-state index in [-0.39, 0.29) is 12.6 Å². The van der Waals surface area contributed by atoms with E-state index in [2.05, 4.69) is 10.2 Å². The fourth-order valence-electron chi connectivity index (χ4n) is 2.01. The number of aliphatic hydroxyl groups excluding tert-OH is 1. The van der Waals surface area contributed by atoms with Gasteiger partial charge in [-0.15, -0.1) is 0 Å². The van der Waals surface area contributed by atoms with E-state index in [1.54, 1.807) is 6.92 Å². The fraction of sp³-hybridized carbons (Fsp3) is 0.909. The summed E-state index contributed by atoms with van der Waals surface area (Å²) in [6.45, 7) is 7.40. The highest BCUT2D eigenvalue weighted by Crippen LogP contribution is 1.97. The van der Waals surface area contributed by atoms with Gasteiger partial charge in [0.15, 0.2) is 0 Å². The van der Waals surface area contributed by atoms with Gasteiger partial charge in [-0.1, -0.05) is 0 Å². The van der Waals surface area contributed by atoms with Crippen LogP contribution < -0.4 is 5.32 Å². The maximum absolute atomic E-state index is 10.7. The lowest BCUT2D eigenvalue weighted by atomic mass is 10.3. The van der Waals surface area contributed by atoms with Crippen LogP contribution in [0.2, 0.25) is 0 Å². The van der Waals surface area contributed by atoms with Gasteiger partial charge in [0.05, 0.1) is 12.6 Å². The summed E-state index contributed by atoms with van der Waals surface area (Å²) >= 11 is 0. The molecule has 1 aliphatic heterocycles. The normalized spacial score (nSPS) is 22.5. The molecule has 1 saturated heterocycles. The Bertz CT molecular complexity index is 236. The van der Waals surface area contributed by atoms with Gasteiger partial charge in [-0.3, -0.25) is 14.6 Å². The standard InChI is InChI=1S/C11H23N3O3/c1-10(15)8-13-4-2-12-3-5-14(7-6-13)9-11(16)17/h10,12,15H,2-9H2,1H3,(H,16,17). The summed E-state index contributed by atoms with van der Waals surface area (Å²) in [7, 11) is 0. The average molecular weight is 245 g/mol. The minimum atomic E-state index is -0.786. The Balaban J connectivity index is 2.43. The molecule has 0 amide bonds. The SMILES string of the molecule is CC(O)CN1CCNCCN(CC(=O)O)CC1. The number of rotatable bonds is 4. The smallest absolute Gasteiger partial charge is 0.317 e. The second kappa shape index (κ2) is 7.60. The number of hydrogen-bond donors (Lipinski definition) is 3. The topological polar surface area (TPSA) is 76.0 Å². The number of nitrogens with zero attached hydrogens (tertiary/aromatic N) is 2. The van der Waals surface area contributed by atoms with E-state index in [1.807, 2.05) is 4.90 Å². The van der Waals surface area contributed by atoms with E-state index in [4.69, 9.17) is 5.11 Å². The number of β-amino-alcohol motifs (C(OH)–C–C–N with tert-alkyl or cyclic N) is 1. The van der Waals surface area contributed by atoms with Crippen molar-refractivity contribution in [2.24, 2.45) is 0 Å². The molecule has 1 fully saturated rings. The molecular weight excluding hydrogens is 222 g/mol. The molecule has 1 unspecified atom stereocenters. The Hall–Kier alpha value is -0.690. The molecule has 3 N–H and O–H groups in total. The van der Waals surface area contributed by atoms with Crippen LogP contribution >= 0.6 is 0 Å². The van der Waals surface area contributed by atoms with Crippen molar-refractivity contribution in [3.8, 4) is 0 Å². The lowest BCUT2D eigenvalue weighted by Gasteiger charge is -2.25. The maximum atomic E-state index is 10.7. The molecule has 0 aromatic rings. The van der Waals surface area contributed by atoms with Crippen molar-refractivity contribution < 1.29 is 15.0 Å². The van der Waals surface area contributed by atoms with Crippen molar-refractivity contribution in [3.05, 3.63) is 0 Å². The number of hydrogen-bond acceptors (Lipinski definition) is 5. The van der Waals surface area contributed by atoms with Crippen molar-refractivity contribution in [3.63, 3.8) is 0 Å². The monoisotopic (exact) mass is 245 g/mol. The molecule has 17 heavy (non-hydrogen) atoms. The van der Waals surface area contributed by atoms with E-state index in [9.17, 15) is 9.90 Å². The van der Waals surface area contributed by atoms with Crippen LogP contribution in [-0.2, 0) is 4.79 Å². The molecule has 1 atom stereocenters. The van der Waals surface area contributed by atoms with Crippen LogP contribution in [0.25, 0.3) is 0 Å². The van der Waals surface area contributed by atoms with E-state index < -0.39 is 5.97 Å². The molecule has 100 valence electrons. The zero-order valence-electron chi connectivity index (χ0n) is 10.4. The number of carbonyl (C=O) groups is 1. The number of nitrogens with one attached hydrogen (secondary N) is 1. The maximum Gasteiger partial charge on any atom is 0.317 e. The van der Waals surface area contributed by atoms with Crippen LogP contribution in [-0.4, -0.2) is 84.4 Å². The minimum Gasteiger partial charge on any atom is -0.480 e.